The molecule has 15 heavy (non-hydrogen) atoms. The third kappa shape index (κ3) is 2.42. The quantitative estimate of drug-likeness (QED) is 0.728. The second-order valence-corrected chi connectivity index (χ2v) is 4.58. The third-order valence-electron chi connectivity index (χ3n) is 2.55. The van der Waals surface area contributed by atoms with Gasteiger partial charge >= 0.3 is 0 Å². The van der Waals surface area contributed by atoms with E-state index in [0.717, 1.165) is 5.56 Å². The Bertz CT molecular complexity index is 423. The van der Waals surface area contributed by atoms with Gasteiger partial charge in [-0.05, 0) is 30.0 Å². The molecule has 1 aromatic carbocycles. The summed E-state index contributed by atoms with van der Waals surface area (Å²) in [5.74, 6) is 0.208. The van der Waals surface area contributed by atoms with Crippen molar-refractivity contribution in [2.24, 2.45) is 0 Å². The molecule has 1 aliphatic carbocycles. The topological polar surface area (TPSA) is 17.1 Å². The van der Waals surface area contributed by atoms with Crippen molar-refractivity contribution < 1.29 is 4.79 Å². The predicted octanol–water partition coefficient (Wildman–Crippen LogP) is 3.91. The lowest BCUT2D eigenvalue weighted by molar-refractivity contribution is -0.115. The Balaban J connectivity index is 2.30. The largest absolute Gasteiger partial charge is 0.295 e. The molecule has 0 saturated heterocycles. The lowest BCUT2D eigenvalue weighted by Gasteiger charge is -2.20. The second-order valence-electron chi connectivity index (χ2n) is 3.68. The van der Waals surface area contributed by atoms with Gasteiger partial charge in [-0.3, -0.25) is 4.79 Å². The van der Waals surface area contributed by atoms with Crippen LogP contribution < -0.4 is 0 Å². The molecule has 0 aliphatic heterocycles. The molecule has 3 heteroatoms. The molecule has 1 nitrogen and oxygen atoms in total. The number of benzene rings is 1. The fraction of sp³-hybridized carbons (Fsp3) is 0.250. The molecule has 0 aromatic heterocycles. The Morgan fingerprint density at radius 1 is 1.13 bits per heavy atom. The fourth-order valence-corrected chi connectivity index (χ4v) is 2.47. The number of carbonyl (C=O) groups excluding carboxylic acids is 1. The summed E-state index contributed by atoms with van der Waals surface area (Å²) >= 11 is 12.0. The number of rotatable bonds is 1. The van der Waals surface area contributed by atoms with E-state index in [9.17, 15) is 4.79 Å². The zero-order valence-electron chi connectivity index (χ0n) is 8.04. The first-order chi connectivity index (χ1) is 7.16. The van der Waals surface area contributed by atoms with Crippen molar-refractivity contribution in [3.8, 4) is 0 Å². The predicted molar refractivity (Wildman–Crippen MR) is 62.4 cm³/mol. The molecule has 0 spiro atoms. The molecule has 0 N–H and O–H groups in total. The molecule has 1 aromatic rings. The van der Waals surface area contributed by atoms with Crippen LogP contribution in [0.15, 0.2) is 35.4 Å². The summed E-state index contributed by atoms with van der Waals surface area (Å²) in [5, 5.41) is 1.33. The smallest absolute Gasteiger partial charge is 0.157 e. The van der Waals surface area contributed by atoms with E-state index in [1.54, 1.807) is 0 Å². The van der Waals surface area contributed by atoms with Crippen LogP contribution in [0.2, 0.25) is 5.02 Å². The molecular weight excluding hydrogens is 231 g/mol. The Morgan fingerprint density at radius 3 is 2.53 bits per heavy atom. The normalized spacial score (nSPS) is 21.3. The number of allylic oxidation sites excluding steroid dienone is 2. The molecule has 1 unspecified atom stereocenters. The van der Waals surface area contributed by atoms with Crippen LogP contribution in [0, 0.1) is 0 Å². The van der Waals surface area contributed by atoms with Gasteiger partial charge in [0.1, 0.15) is 0 Å². The zero-order chi connectivity index (χ0) is 10.8. The molecule has 0 radical (unpaired) electrons. The van der Waals surface area contributed by atoms with Gasteiger partial charge in [0.25, 0.3) is 0 Å². The molecule has 0 saturated carbocycles. The second kappa shape index (κ2) is 4.38. The zero-order valence-corrected chi connectivity index (χ0v) is 9.55. The first kappa shape index (κ1) is 10.7. The molecule has 1 aliphatic rings. The summed E-state index contributed by atoms with van der Waals surface area (Å²) in [5.41, 5.74) is 1.01. The Morgan fingerprint density at radius 2 is 1.87 bits per heavy atom. The summed E-state index contributed by atoms with van der Waals surface area (Å²) in [6.07, 6.45) is 2.71. The van der Waals surface area contributed by atoms with Crippen LogP contribution in [-0.4, -0.2) is 5.78 Å². The number of hydrogen-bond acceptors (Lipinski definition) is 1. The molecule has 0 heterocycles. The average molecular weight is 241 g/mol. The minimum Gasteiger partial charge on any atom is -0.295 e. The summed E-state index contributed by atoms with van der Waals surface area (Å²) in [6, 6.07) is 7.61. The SMILES string of the molecule is O=C1C=C(Cl)CC(c2ccccc2Cl)C1. The van der Waals surface area contributed by atoms with Crippen LogP contribution in [0.25, 0.3) is 0 Å². The highest BCUT2D eigenvalue weighted by molar-refractivity contribution is 6.32. The number of halogens is 2. The summed E-state index contributed by atoms with van der Waals surface area (Å²) in [7, 11) is 0. The first-order valence-corrected chi connectivity index (χ1v) is 5.55. The molecular formula is C12H10Cl2O. The lowest BCUT2D eigenvalue weighted by atomic mass is 9.87. The van der Waals surface area contributed by atoms with E-state index < -0.39 is 0 Å². The molecule has 2 rings (SSSR count). The van der Waals surface area contributed by atoms with Gasteiger partial charge in [-0.25, -0.2) is 0 Å². The van der Waals surface area contributed by atoms with Gasteiger partial charge in [0, 0.05) is 16.5 Å². The monoisotopic (exact) mass is 240 g/mol. The van der Waals surface area contributed by atoms with Gasteiger partial charge < -0.3 is 0 Å². The molecule has 0 fully saturated rings. The summed E-state index contributed by atoms with van der Waals surface area (Å²) in [6.45, 7) is 0. The van der Waals surface area contributed by atoms with Crippen molar-refractivity contribution in [2.45, 2.75) is 18.8 Å². The van der Waals surface area contributed by atoms with E-state index in [0.29, 0.717) is 22.9 Å². The van der Waals surface area contributed by atoms with Crippen LogP contribution in [0.1, 0.15) is 24.3 Å². The molecule has 0 amide bonds. The van der Waals surface area contributed by atoms with Crippen LogP contribution >= 0.6 is 23.2 Å². The van der Waals surface area contributed by atoms with Crippen molar-refractivity contribution in [1.29, 1.82) is 0 Å². The van der Waals surface area contributed by atoms with E-state index in [4.69, 9.17) is 23.2 Å². The summed E-state index contributed by atoms with van der Waals surface area (Å²) in [4.78, 5) is 11.4. The van der Waals surface area contributed by atoms with Crippen molar-refractivity contribution in [2.75, 3.05) is 0 Å². The maximum atomic E-state index is 11.4. The van der Waals surface area contributed by atoms with Crippen LogP contribution in [0.4, 0.5) is 0 Å². The first-order valence-electron chi connectivity index (χ1n) is 4.80. The maximum Gasteiger partial charge on any atom is 0.157 e. The van der Waals surface area contributed by atoms with Crippen LogP contribution in [-0.2, 0) is 4.79 Å². The van der Waals surface area contributed by atoms with E-state index in [1.807, 2.05) is 24.3 Å². The Kier molecular flexibility index (Phi) is 3.13. The van der Waals surface area contributed by atoms with Crippen LogP contribution in [0.5, 0.6) is 0 Å². The Hall–Kier alpha value is -0.790. The van der Waals surface area contributed by atoms with Gasteiger partial charge in [-0.15, -0.1) is 0 Å². The Labute approximate surface area is 98.7 Å². The minimum atomic E-state index is 0.0798. The molecule has 1 atom stereocenters. The van der Waals surface area contributed by atoms with Gasteiger partial charge in [-0.2, -0.15) is 0 Å². The van der Waals surface area contributed by atoms with E-state index >= 15 is 0 Å². The van der Waals surface area contributed by atoms with Gasteiger partial charge in [0.2, 0.25) is 0 Å². The third-order valence-corrected chi connectivity index (χ3v) is 3.16. The number of hydrogen-bond donors (Lipinski definition) is 0. The average Bonchev–Trinajstić information content (AvgIpc) is 2.16. The minimum absolute atomic E-state index is 0.0798. The van der Waals surface area contributed by atoms with Crippen molar-refractivity contribution in [1.82, 2.24) is 0 Å². The van der Waals surface area contributed by atoms with Crippen LogP contribution in [0.3, 0.4) is 0 Å². The lowest BCUT2D eigenvalue weighted by Crippen LogP contribution is -2.11. The fourth-order valence-electron chi connectivity index (χ4n) is 1.87. The molecule has 78 valence electrons. The van der Waals surface area contributed by atoms with Crippen molar-refractivity contribution in [3.63, 3.8) is 0 Å². The van der Waals surface area contributed by atoms with E-state index in [1.165, 1.54) is 6.08 Å². The summed E-state index contributed by atoms with van der Waals surface area (Å²) < 4.78 is 0. The van der Waals surface area contributed by atoms with Gasteiger partial charge in [0.05, 0.1) is 0 Å². The number of ketones is 1. The molecule has 0 bridgehead atoms. The maximum absolute atomic E-state index is 11.4. The van der Waals surface area contributed by atoms with E-state index in [-0.39, 0.29) is 11.7 Å². The highest BCUT2D eigenvalue weighted by Gasteiger charge is 2.22. The van der Waals surface area contributed by atoms with Gasteiger partial charge in [-0.1, -0.05) is 41.4 Å². The van der Waals surface area contributed by atoms with Crippen molar-refractivity contribution >= 4 is 29.0 Å². The number of carbonyl (C=O) groups is 1. The standard InChI is InChI=1S/C12H10Cl2O/c13-9-5-8(6-10(15)7-9)11-3-1-2-4-12(11)14/h1-4,7-8H,5-6H2. The highest BCUT2D eigenvalue weighted by atomic mass is 35.5. The van der Waals surface area contributed by atoms with Crippen molar-refractivity contribution in [3.05, 3.63) is 46.0 Å². The van der Waals surface area contributed by atoms with E-state index in [2.05, 4.69) is 0 Å². The van der Waals surface area contributed by atoms with Gasteiger partial charge in [0.15, 0.2) is 5.78 Å². The highest BCUT2D eigenvalue weighted by Crippen LogP contribution is 2.36.